The summed E-state index contributed by atoms with van der Waals surface area (Å²) in [6.45, 7) is 0.574. The fourth-order valence-corrected chi connectivity index (χ4v) is 2.72. The minimum Gasteiger partial charge on any atom is -0.388 e. The number of urea groups is 1. The number of nitrogens with zero attached hydrogens (tertiary/aromatic N) is 2. The van der Waals surface area contributed by atoms with Crippen molar-refractivity contribution in [3.05, 3.63) is 35.5 Å². The first kappa shape index (κ1) is 15.0. The number of pyridine rings is 1. The first-order valence-electron chi connectivity index (χ1n) is 6.91. The predicted molar refractivity (Wildman–Crippen MR) is 84.1 cm³/mol. The lowest BCUT2D eigenvalue weighted by atomic mass is 10.1. The minimum atomic E-state index is -0.667. The summed E-state index contributed by atoms with van der Waals surface area (Å²) in [6, 6.07) is 6.39. The molecular weight excluding hydrogens is 306 g/mol. The Hall–Kier alpha value is -1.89. The van der Waals surface area contributed by atoms with E-state index in [1.165, 1.54) is 4.90 Å². The quantitative estimate of drug-likeness (QED) is 0.888. The highest BCUT2D eigenvalue weighted by Gasteiger charge is 2.32. The summed E-state index contributed by atoms with van der Waals surface area (Å²) in [5, 5.41) is 13.9. The Kier molecular flexibility index (Phi) is 4.15. The number of amides is 2. The molecule has 6 nitrogen and oxygen atoms in total. The number of fused-ring (bicyclic) bond motifs is 1. The van der Waals surface area contributed by atoms with E-state index in [9.17, 15) is 9.90 Å². The Labute approximate surface area is 132 Å². The molecule has 0 bridgehead atoms. The zero-order valence-corrected chi connectivity index (χ0v) is 12.7. The number of benzene rings is 1. The molecule has 1 aliphatic heterocycles. The van der Waals surface area contributed by atoms with Crippen molar-refractivity contribution in [1.82, 2.24) is 9.88 Å². The Bertz CT molecular complexity index is 709. The average molecular weight is 322 g/mol. The number of hydrogen-bond acceptors (Lipinski definition) is 4. The third-order valence-electron chi connectivity index (χ3n) is 3.80. The maximum absolute atomic E-state index is 12.4. The number of carbonyl (C=O) groups is 1. The second-order valence-electron chi connectivity index (χ2n) is 5.21. The second kappa shape index (κ2) is 6.08. The lowest BCUT2D eigenvalue weighted by Gasteiger charge is -2.26. The van der Waals surface area contributed by atoms with Crippen molar-refractivity contribution >= 4 is 34.2 Å². The molecule has 7 heteroatoms. The molecule has 1 fully saturated rings. The Morgan fingerprint density at radius 2 is 2.27 bits per heavy atom. The van der Waals surface area contributed by atoms with Crippen LogP contribution >= 0.6 is 11.6 Å². The Morgan fingerprint density at radius 3 is 3.00 bits per heavy atom. The maximum Gasteiger partial charge on any atom is 0.322 e. The summed E-state index contributed by atoms with van der Waals surface area (Å²) in [5.41, 5.74) is 1.26. The number of ether oxygens (including phenoxy) is 1. The van der Waals surface area contributed by atoms with Gasteiger partial charge in [-0.15, -0.1) is 0 Å². The number of aliphatic hydroxyl groups is 1. The van der Waals surface area contributed by atoms with Gasteiger partial charge in [-0.2, -0.15) is 0 Å². The summed E-state index contributed by atoms with van der Waals surface area (Å²) in [4.78, 5) is 18.0. The highest BCUT2D eigenvalue weighted by atomic mass is 35.5. The number of nitrogens with one attached hydrogen (secondary N) is 1. The maximum atomic E-state index is 12.4. The van der Waals surface area contributed by atoms with E-state index in [-0.39, 0.29) is 18.7 Å². The van der Waals surface area contributed by atoms with Crippen molar-refractivity contribution in [2.24, 2.45) is 0 Å². The van der Waals surface area contributed by atoms with Crippen molar-refractivity contribution in [2.75, 3.05) is 25.6 Å². The average Bonchev–Trinajstić information content (AvgIpc) is 2.95. The third kappa shape index (κ3) is 2.72. The van der Waals surface area contributed by atoms with Crippen molar-refractivity contribution in [3.63, 3.8) is 0 Å². The zero-order chi connectivity index (χ0) is 15.7. The Morgan fingerprint density at radius 1 is 1.45 bits per heavy atom. The molecule has 2 N–H and O–H groups in total. The van der Waals surface area contributed by atoms with Gasteiger partial charge in [-0.25, -0.2) is 4.79 Å². The fraction of sp³-hybridized carbons (Fsp3) is 0.333. The molecule has 2 amide bonds. The molecule has 0 unspecified atom stereocenters. The first-order valence-corrected chi connectivity index (χ1v) is 7.28. The van der Waals surface area contributed by atoms with Gasteiger partial charge < -0.3 is 20.1 Å². The molecular formula is C15H16ClN3O3. The van der Waals surface area contributed by atoms with E-state index in [0.717, 1.165) is 5.39 Å². The number of aromatic nitrogens is 1. The van der Waals surface area contributed by atoms with E-state index in [1.54, 1.807) is 31.4 Å². The molecule has 0 radical (unpaired) electrons. The number of likely N-dealkylation sites (N-methyl/N-ethyl adjacent to an activating group) is 1. The monoisotopic (exact) mass is 321 g/mol. The molecule has 2 atom stereocenters. The molecule has 0 spiro atoms. The van der Waals surface area contributed by atoms with Crippen LogP contribution in [0.25, 0.3) is 10.9 Å². The molecule has 2 heterocycles. The van der Waals surface area contributed by atoms with Gasteiger partial charge >= 0.3 is 6.03 Å². The smallest absolute Gasteiger partial charge is 0.322 e. The molecule has 22 heavy (non-hydrogen) atoms. The summed E-state index contributed by atoms with van der Waals surface area (Å²) in [7, 11) is 1.63. The van der Waals surface area contributed by atoms with Crippen molar-refractivity contribution in [1.29, 1.82) is 0 Å². The standard InChI is InChI=1S/C15H16ClN3O3/c1-19(12-7-22-8-13(12)20)15(21)18-11-5-4-10(16)14-9(11)3-2-6-17-14/h2-6,12-13,20H,7-8H2,1H3,(H,18,21)/t12-,13-/m1/s1. The third-order valence-corrected chi connectivity index (χ3v) is 4.11. The van der Waals surface area contributed by atoms with Gasteiger partial charge in [0.05, 0.1) is 41.6 Å². The van der Waals surface area contributed by atoms with Crippen LogP contribution in [0, 0.1) is 0 Å². The SMILES string of the molecule is CN(C(=O)Nc1ccc(Cl)c2ncccc12)[C@@H]1COC[C@H]1O. The number of aliphatic hydroxyl groups excluding tert-OH is 1. The van der Waals surface area contributed by atoms with E-state index in [0.29, 0.717) is 22.8 Å². The lowest BCUT2D eigenvalue weighted by molar-refractivity contribution is 0.106. The number of anilines is 1. The van der Waals surface area contributed by atoms with E-state index in [1.807, 2.05) is 6.07 Å². The van der Waals surface area contributed by atoms with Crippen LogP contribution < -0.4 is 5.32 Å². The summed E-state index contributed by atoms with van der Waals surface area (Å²) >= 11 is 6.12. The van der Waals surface area contributed by atoms with Crippen molar-refractivity contribution in [3.8, 4) is 0 Å². The van der Waals surface area contributed by atoms with Crippen molar-refractivity contribution < 1.29 is 14.6 Å². The number of hydrogen-bond donors (Lipinski definition) is 2. The molecule has 116 valence electrons. The number of carbonyl (C=O) groups excluding carboxylic acids is 1. The summed E-state index contributed by atoms with van der Waals surface area (Å²) in [6.07, 6.45) is 0.984. The molecule has 1 aromatic heterocycles. The molecule has 1 aliphatic rings. The van der Waals surface area contributed by atoms with Gasteiger partial charge in [-0.05, 0) is 24.3 Å². The zero-order valence-electron chi connectivity index (χ0n) is 12.0. The number of halogens is 1. The van der Waals surface area contributed by atoms with Gasteiger partial charge in [-0.3, -0.25) is 4.98 Å². The molecule has 0 aliphatic carbocycles. The second-order valence-corrected chi connectivity index (χ2v) is 5.61. The van der Waals surface area contributed by atoms with Crippen LogP contribution in [0.15, 0.2) is 30.5 Å². The molecule has 1 aromatic carbocycles. The van der Waals surface area contributed by atoms with E-state index < -0.39 is 6.10 Å². The van der Waals surface area contributed by atoms with Crippen LogP contribution in [0.2, 0.25) is 5.02 Å². The van der Waals surface area contributed by atoms with Crippen LogP contribution in [0.3, 0.4) is 0 Å². The van der Waals surface area contributed by atoms with E-state index >= 15 is 0 Å². The fourth-order valence-electron chi connectivity index (χ4n) is 2.50. The van der Waals surface area contributed by atoms with Gasteiger partial charge in [0.2, 0.25) is 0 Å². The largest absolute Gasteiger partial charge is 0.388 e. The normalized spacial score (nSPS) is 21.0. The lowest BCUT2D eigenvalue weighted by Crippen LogP contribution is -2.45. The molecule has 1 saturated heterocycles. The van der Waals surface area contributed by atoms with Gasteiger partial charge in [0, 0.05) is 18.6 Å². The molecule has 0 saturated carbocycles. The highest BCUT2D eigenvalue weighted by molar-refractivity contribution is 6.35. The Balaban J connectivity index is 1.84. The van der Waals surface area contributed by atoms with Crippen LogP contribution in [0.5, 0.6) is 0 Å². The van der Waals surface area contributed by atoms with E-state index in [4.69, 9.17) is 16.3 Å². The van der Waals surface area contributed by atoms with Crippen LogP contribution in [0.1, 0.15) is 0 Å². The van der Waals surface area contributed by atoms with Gasteiger partial charge in [0.15, 0.2) is 0 Å². The summed E-state index contributed by atoms with van der Waals surface area (Å²) in [5.74, 6) is 0. The summed E-state index contributed by atoms with van der Waals surface area (Å²) < 4.78 is 5.18. The minimum absolute atomic E-state index is 0.246. The topological polar surface area (TPSA) is 74.7 Å². The predicted octanol–water partition coefficient (Wildman–Crippen LogP) is 2.11. The van der Waals surface area contributed by atoms with E-state index in [2.05, 4.69) is 10.3 Å². The van der Waals surface area contributed by atoms with Crippen molar-refractivity contribution in [2.45, 2.75) is 12.1 Å². The number of rotatable bonds is 2. The van der Waals surface area contributed by atoms with Gasteiger partial charge in [0.1, 0.15) is 0 Å². The van der Waals surface area contributed by atoms with Gasteiger partial charge in [0.25, 0.3) is 0 Å². The molecule has 3 rings (SSSR count). The molecule has 2 aromatic rings. The van der Waals surface area contributed by atoms with Gasteiger partial charge in [-0.1, -0.05) is 11.6 Å². The van der Waals surface area contributed by atoms with Crippen LogP contribution in [-0.2, 0) is 4.74 Å². The van der Waals surface area contributed by atoms with Crippen LogP contribution in [0.4, 0.5) is 10.5 Å². The highest BCUT2D eigenvalue weighted by Crippen LogP contribution is 2.28. The van der Waals surface area contributed by atoms with Crippen LogP contribution in [-0.4, -0.2) is 53.4 Å². The first-order chi connectivity index (χ1) is 10.6.